The van der Waals surface area contributed by atoms with E-state index in [9.17, 15) is 13.2 Å². The fraction of sp³-hybridized carbons (Fsp3) is 0.429. The molecule has 3 rings (SSSR count). The lowest BCUT2D eigenvalue weighted by Gasteiger charge is -2.34. The van der Waals surface area contributed by atoms with Crippen LogP contribution in [-0.4, -0.2) is 46.1 Å². The Balaban J connectivity index is 1.74. The van der Waals surface area contributed by atoms with Crippen molar-refractivity contribution in [2.75, 3.05) is 41.7 Å². The number of nitrogens with two attached hydrogens (primary N) is 1. The molecule has 0 aliphatic carbocycles. The van der Waals surface area contributed by atoms with Crippen LogP contribution in [-0.2, 0) is 6.18 Å². The summed E-state index contributed by atoms with van der Waals surface area (Å²) < 4.78 is 38.7. The summed E-state index contributed by atoms with van der Waals surface area (Å²) in [4.78, 5) is 19.7. The molecule has 7 nitrogen and oxygen atoms in total. The first-order valence-corrected chi connectivity index (χ1v) is 7.34. The summed E-state index contributed by atoms with van der Waals surface area (Å²) in [6.45, 7) is 3.55. The molecule has 0 saturated carbocycles. The van der Waals surface area contributed by atoms with Crippen molar-refractivity contribution in [1.29, 1.82) is 0 Å². The van der Waals surface area contributed by atoms with Crippen molar-refractivity contribution in [2.45, 2.75) is 13.1 Å². The van der Waals surface area contributed by atoms with Crippen molar-refractivity contribution in [3.05, 3.63) is 29.7 Å². The predicted molar refractivity (Wildman–Crippen MR) is 82.6 cm³/mol. The molecule has 3 heterocycles. The summed E-state index contributed by atoms with van der Waals surface area (Å²) in [6.07, 6.45) is -2.91. The predicted octanol–water partition coefficient (Wildman–Crippen LogP) is 1.50. The molecule has 2 aromatic rings. The van der Waals surface area contributed by atoms with E-state index in [1.54, 1.807) is 17.2 Å². The van der Waals surface area contributed by atoms with E-state index < -0.39 is 11.9 Å². The SMILES string of the molecule is Cc1cc(C(F)(F)F)nc(N2CCN(c3nccc(N)n3)CC2)n1. The number of nitrogens with zero attached hydrogens (tertiary/aromatic N) is 6. The fourth-order valence-corrected chi connectivity index (χ4v) is 2.46. The Morgan fingerprint density at radius 1 is 1.00 bits per heavy atom. The fourth-order valence-electron chi connectivity index (χ4n) is 2.46. The van der Waals surface area contributed by atoms with Crippen molar-refractivity contribution >= 4 is 17.7 Å². The lowest BCUT2D eigenvalue weighted by atomic mass is 10.3. The molecule has 0 bridgehead atoms. The van der Waals surface area contributed by atoms with Crippen LogP contribution >= 0.6 is 0 Å². The van der Waals surface area contributed by atoms with Gasteiger partial charge in [0.2, 0.25) is 11.9 Å². The summed E-state index contributed by atoms with van der Waals surface area (Å²) in [5.41, 5.74) is 5.00. The monoisotopic (exact) mass is 339 g/mol. The van der Waals surface area contributed by atoms with Gasteiger partial charge in [-0.05, 0) is 19.1 Å². The summed E-state index contributed by atoms with van der Waals surface area (Å²) in [7, 11) is 0. The zero-order valence-electron chi connectivity index (χ0n) is 13.0. The van der Waals surface area contributed by atoms with Gasteiger partial charge in [0, 0.05) is 38.1 Å². The van der Waals surface area contributed by atoms with Crippen molar-refractivity contribution in [1.82, 2.24) is 19.9 Å². The van der Waals surface area contributed by atoms with Gasteiger partial charge >= 0.3 is 6.18 Å². The van der Waals surface area contributed by atoms with Gasteiger partial charge in [0.05, 0.1) is 0 Å². The molecule has 1 saturated heterocycles. The second-order valence-electron chi connectivity index (χ2n) is 5.45. The number of piperazine rings is 1. The van der Waals surface area contributed by atoms with Gasteiger partial charge in [-0.3, -0.25) is 0 Å². The number of anilines is 3. The van der Waals surface area contributed by atoms with Gasteiger partial charge in [-0.1, -0.05) is 0 Å². The standard InChI is InChI=1S/C14H16F3N7/c1-9-8-10(14(15,16)17)21-13(20-9)24-6-4-23(5-7-24)12-19-3-2-11(18)22-12/h2-3,8H,4-7H2,1H3,(H2,18,19,22). The number of hydrogen-bond donors (Lipinski definition) is 1. The van der Waals surface area contributed by atoms with Crippen molar-refractivity contribution in [2.24, 2.45) is 0 Å². The number of halogens is 3. The van der Waals surface area contributed by atoms with Crippen molar-refractivity contribution < 1.29 is 13.2 Å². The molecule has 0 radical (unpaired) electrons. The molecule has 1 aliphatic heterocycles. The Labute approximate surface area is 136 Å². The van der Waals surface area contributed by atoms with Crippen LogP contribution < -0.4 is 15.5 Å². The van der Waals surface area contributed by atoms with E-state index in [2.05, 4.69) is 19.9 Å². The lowest BCUT2D eigenvalue weighted by Crippen LogP contribution is -2.47. The molecule has 0 spiro atoms. The topological polar surface area (TPSA) is 84.1 Å². The van der Waals surface area contributed by atoms with Gasteiger partial charge in [-0.25, -0.2) is 15.0 Å². The van der Waals surface area contributed by atoms with E-state index in [1.165, 1.54) is 6.92 Å². The maximum absolute atomic E-state index is 12.9. The summed E-state index contributed by atoms with van der Waals surface area (Å²) in [5, 5.41) is 0. The number of alkyl halides is 3. The molecule has 2 aromatic heterocycles. The number of aromatic nitrogens is 4. The molecule has 128 valence electrons. The summed E-state index contributed by atoms with van der Waals surface area (Å²) in [5.74, 6) is 0.977. The average Bonchev–Trinajstić information content (AvgIpc) is 2.54. The van der Waals surface area contributed by atoms with Crippen LogP contribution in [0.5, 0.6) is 0 Å². The van der Waals surface area contributed by atoms with E-state index in [0.29, 0.717) is 37.9 Å². The number of aryl methyl sites for hydroxylation is 1. The summed E-state index contributed by atoms with van der Waals surface area (Å²) >= 11 is 0. The van der Waals surface area contributed by atoms with Crippen LogP contribution in [0.4, 0.5) is 30.9 Å². The molecule has 10 heteroatoms. The van der Waals surface area contributed by atoms with Crippen molar-refractivity contribution in [3.8, 4) is 0 Å². The highest BCUT2D eigenvalue weighted by Crippen LogP contribution is 2.29. The largest absolute Gasteiger partial charge is 0.433 e. The molecule has 1 aliphatic rings. The Bertz CT molecular complexity index is 727. The van der Waals surface area contributed by atoms with Gasteiger partial charge < -0.3 is 15.5 Å². The number of nitrogen functional groups attached to an aromatic ring is 1. The molecule has 24 heavy (non-hydrogen) atoms. The van der Waals surface area contributed by atoms with E-state index in [0.717, 1.165) is 6.07 Å². The maximum Gasteiger partial charge on any atom is 0.433 e. The third kappa shape index (κ3) is 3.47. The normalized spacial score (nSPS) is 15.7. The Morgan fingerprint density at radius 2 is 1.62 bits per heavy atom. The third-order valence-electron chi connectivity index (χ3n) is 3.64. The first-order valence-electron chi connectivity index (χ1n) is 7.34. The minimum atomic E-state index is -4.49. The first-order chi connectivity index (χ1) is 11.3. The van der Waals surface area contributed by atoms with E-state index in [1.807, 2.05) is 4.90 Å². The second kappa shape index (κ2) is 6.10. The Kier molecular flexibility index (Phi) is 4.12. The summed E-state index contributed by atoms with van der Waals surface area (Å²) in [6, 6.07) is 2.54. The highest BCUT2D eigenvalue weighted by atomic mass is 19.4. The van der Waals surface area contributed by atoms with Crippen LogP contribution in [0, 0.1) is 6.92 Å². The van der Waals surface area contributed by atoms with Crippen LogP contribution in [0.2, 0.25) is 0 Å². The Hall–Kier alpha value is -2.65. The van der Waals surface area contributed by atoms with E-state index in [4.69, 9.17) is 5.73 Å². The van der Waals surface area contributed by atoms with Crippen molar-refractivity contribution in [3.63, 3.8) is 0 Å². The van der Waals surface area contributed by atoms with Gasteiger partial charge in [-0.15, -0.1) is 0 Å². The van der Waals surface area contributed by atoms with Crippen LogP contribution in [0.3, 0.4) is 0 Å². The minimum absolute atomic E-state index is 0.0930. The van der Waals surface area contributed by atoms with Gasteiger partial charge in [0.1, 0.15) is 11.5 Å². The minimum Gasteiger partial charge on any atom is -0.384 e. The number of hydrogen-bond acceptors (Lipinski definition) is 7. The molecule has 0 unspecified atom stereocenters. The molecule has 0 amide bonds. The van der Waals surface area contributed by atoms with Crippen LogP contribution in [0.1, 0.15) is 11.4 Å². The van der Waals surface area contributed by atoms with E-state index in [-0.39, 0.29) is 11.6 Å². The van der Waals surface area contributed by atoms with Crippen LogP contribution in [0.15, 0.2) is 18.3 Å². The molecular weight excluding hydrogens is 323 g/mol. The Morgan fingerprint density at radius 3 is 2.21 bits per heavy atom. The quantitative estimate of drug-likeness (QED) is 0.887. The third-order valence-corrected chi connectivity index (χ3v) is 3.64. The molecular formula is C14H16F3N7. The molecule has 0 atom stereocenters. The van der Waals surface area contributed by atoms with Gasteiger partial charge in [0.25, 0.3) is 0 Å². The van der Waals surface area contributed by atoms with E-state index >= 15 is 0 Å². The zero-order chi connectivity index (χ0) is 17.3. The molecule has 1 fully saturated rings. The van der Waals surface area contributed by atoms with Crippen LogP contribution in [0.25, 0.3) is 0 Å². The maximum atomic E-state index is 12.9. The first kappa shape index (κ1) is 16.2. The molecule has 0 aromatic carbocycles. The smallest absolute Gasteiger partial charge is 0.384 e. The molecule has 2 N–H and O–H groups in total. The number of rotatable bonds is 2. The second-order valence-corrected chi connectivity index (χ2v) is 5.45. The van der Waals surface area contributed by atoms with Gasteiger partial charge in [-0.2, -0.15) is 18.2 Å². The average molecular weight is 339 g/mol. The lowest BCUT2D eigenvalue weighted by molar-refractivity contribution is -0.141. The highest BCUT2D eigenvalue weighted by Gasteiger charge is 2.34. The zero-order valence-corrected chi connectivity index (χ0v) is 13.0. The highest BCUT2D eigenvalue weighted by molar-refractivity contribution is 5.41. The van der Waals surface area contributed by atoms with Gasteiger partial charge in [0.15, 0.2) is 0 Å².